The zero-order chi connectivity index (χ0) is 20.5. The minimum Gasteiger partial charge on any atom is -0.482 e. The number of nitrogens with zero attached hydrogens (tertiary/aromatic N) is 3. The van der Waals surface area contributed by atoms with Crippen molar-refractivity contribution in [2.24, 2.45) is 5.73 Å². The predicted molar refractivity (Wildman–Crippen MR) is 102 cm³/mol. The van der Waals surface area contributed by atoms with Gasteiger partial charge in [-0.1, -0.05) is 6.42 Å². The van der Waals surface area contributed by atoms with Crippen LogP contribution in [0, 0.1) is 0 Å². The van der Waals surface area contributed by atoms with Crippen molar-refractivity contribution >= 4 is 17.6 Å². The molecule has 3 N–H and O–H groups in total. The van der Waals surface area contributed by atoms with Gasteiger partial charge in [0.15, 0.2) is 5.65 Å². The molecule has 0 spiro atoms. The van der Waals surface area contributed by atoms with E-state index < -0.39 is 17.6 Å². The zero-order valence-electron chi connectivity index (χ0n) is 16.7. The number of methoxy groups -OCH3 is 1. The second-order valence-electron chi connectivity index (χ2n) is 8.11. The third kappa shape index (κ3) is 4.35. The number of rotatable bonds is 4. The maximum absolute atomic E-state index is 12.1. The Morgan fingerprint density at radius 2 is 2.00 bits per heavy atom. The molecule has 1 fully saturated rings. The lowest BCUT2D eigenvalue weighted by Crippen LogP contribution is -2.41. The minimum atomic E-state index is -0.551. The van der Waals surface area contributed by atoms with Crippen LogP contribution in [0.1, 0.15) is 68.6 Å². The summed E-state index contributed by atoms with van der Waals surface area (Å²) < 4.78 is 12.6. The summed E-state index contributed by atoms with van der Waals surface area (Å²) >= 11 is 0. The highest BCUT2D eigenvalue weighted by Gasteiger charge is 2.30. The molecule has 0 bridgehead atoms. The fraction of sp³-hybridized carbons (Fsp3) is 0.579. The van der Waals surface area contributed by atoms with E-state index in [4.69, 9.17) is 15.2 Å². The molecule has 2 amide bonds. The van der Waals surface area contributed by atoms with E-state index in [0.29, 0.717) is 17.1 Å². The van der Waals surface area contributed by atoms with Crippen LogP contribution in [0.4, 0.5) is 4.79 Å². The highest BCUT2D eigenvalue weighted by molar-refractivity contribution is 5.94. The van der Waals surface area contributed by atoms with Crippen molar-refractivity contribution in [2.75, 3.05) is 7.11 Å². The summed E-state index contributed by atoms with van der Waals surface area (Å²) in [5, 5.41) is 11.5. The van der Waals surface area contributed by atoms with Crippen molar-refractivity contribution in [2.45, 2.75) is 64.0 Å². The summed E-state index contributed by atoms with van der Waals surface area (Å²) in [4.78, 5) is 23.6. The first kappa shape index (κ1) is 19.9. The number of pyridine rings is 1. The van der Waals surface area contributed by atoms with Crippen LogP contribution in [-0.4, -0.2) is 45.4 Å². The molecule has 9 nitrogen and oxygen atoms in total. The van der Waals surface area contributed by atoms with Crippen molar-refractivity contribution in [3.63, 3.8) is 0 Å². The summed E-state index contributed by atoms with van der Waals surface area (Å²) in [6, 6.07) is 3.18. The SMILES string of the molecule is COc1cc(C(N)=O)cc2nnc([C@H]3CCC[C@@H](NC(=O)OC(C)(C)C)C3)n12. The Kier molecular flexibility index (Phi) is 5.44. The van der Waals surface area contributed by atoms with Gasteiger partial charge in [-0.15, -0.1) is 10.2 Å². The van der Waals surface area contributed by atoms with Crippen molar-refractivity contribution in [1.82, 2.24) is 19.9 Å². The first-order valence-electron chi connectivity index (χ1n) is 9.40. The summed E-state index contributed by atoms with van der Waals surface area (Å²) in [7, 11) is 1.52. The molecule has 2 aromatic rings. The molecule has 152 valence electrons. The lowest BCUT2D eigenvalue weighted by Gasteiger charge is -2.30. The third-order valence-corrected chi connectivity index (χ3v) is 4.75. The van der Waals surface area contributed by atoms with E-state index >= 15 is 0 Å². The number of fused-ring (bicyclic) bond motifs is 1. The lowest BCUT2D eigenvalue weighted by molar-refractivity contribution is 0.0489. The van der Waals surface area contributed by atoms with E-state index in [2.05, 4.69) is 15.5 Å². The number of primary amides is 1. The Hall–Kier alpha value is -2.84. The van der Waals surface area contributed by atoms with Crippen LogP contribution < -0.4 is 15.8 Å². The Bertz CT molecular complexity index is 886. The average molecular weight is 389 g/mol. The summed E-state index contributed by atoms with van der Waals surface area (Å²) in [5.74, 6) is 0.744. The standard InChI is InChI=1S/C19H27N5O4/c1-19(2,3)28-18(26)21-13-7-5-6-11(8-13)17-23-22-14-9-12(16(20)25)10-15(27-4)24(14)17/h9-11,13H,5-8H2,1-4H3,(H2,20,25)(H,21,26)/t11-,13+/m0/s1. The number of alkyl carbamates (subject to hydrolysis) is 1. The van der Waals surface area contributed by atoms with Gasteiger partial charge in [-0.25, -0.2) is 9.20 Å². The molecular formula is C19H27N5O4. The van der Waals surface area contributed by atoms with Crippen LogP contribution in [0.2, 0.25) is 0 Å². The Morgan fingerprint density at radius 3 is 2.64 bits per heavy atom. The molecule has 2 aromatic heterocycles. The van der Waals surface area contributed by atoms with Crippen molar-refractivity contribution in [3.8, 4) is 5.88 Å². The largest absolute Gasteiger partial charge is 0.482 e. The molecule has 1 aliphatic rings. The Labute approximate surface area is 163 Å². The normalized spacial score (nSPS) is 20.0. The van der Waals surface area contributed by atoms with Gasteiger partial charge in [0, 0.05) is 23.6 Å². The monoisotopic (exact) mass is 389 g/mol. The van der Waals surface area contributed by atoms with Crippen LogP contribution >= 0.6 is 0 Å². The van der Waals surface area contributed by atoms with Crippen molar-refractivity contribution in [3.05, 3.63) is 23.5 Å². The minimum absolute atomic E-state index is 0.00293. The molecule has 0 saturated heterocycles. The predicted octanol–water partition coefficient (Wildman–Crippen LogP) is 2.39. The first-order chi connectivity index (χ1) is 13.2. The topological polar surface area (TPSA) is 121 Å². The number of ether oxygens (including phenoxy) is 2. The fourth-order valence-corrected chi connectivity index (χ4v) is 3.59. The molecule has 2 heterocycles. The van der Waals surface area contributed by atoms with E-state index in [9.17, 15) is 9.59 Å². The van der Waals surface area contributed by atoms with Gasteiger partial charge in [0.05, 0.1) is 7.11 Å². The molecule has 0 radical (unpaired) electrons. The maximum Gasteiger partial charge on any atom is 0.407 e. The molecule has 3 rings (SSSR count). The number of aromatic nitrogens is 3. The maximum atomic E-state index is 12.1. The molecule has 0 aromatic carbocycles. The van der Waals surface area contributed by atoms with E-state index in [1.165, 1.54) is 7.11 Å². The number of carbonyl (C=O) groups is 2. The highest BCUT2D eigenvalue weighted by atomic mass is 16.6. The molecule has 9 heteroatoms. The summed E-state index contributed by atoms with van der Waals surface area (Å²) in [5.41, 5.74) is 5.67. The zero-order valence-corrected chi connectivity index (χ0v) is 16.7. The van der Waals surface area contributed by atoms with E-state index in [1.54, 1.807) is 16.5 Å². The van der Waals surface area contributed by atoms with Crippen molar-refractivity contribution in [1.29, 1.82) is 0 Å². The lowest BCUT2D eigenvalue weighted by atomic mass is 9.85. The van der Waals surface area contributed by atoms with Crippen LogP contribution in [0.5, 0.6) is 5.88 Å². The molecule has 28 heavy (non-hydrogen) atoms. The second kappa shape index (κ2) is 7.65. The van der Waals surface area contributed by atoms with Crippen molar-refractivity contribution < 1.29 is 19.1 Å². The van der Waals surface area contributed by atoms with Gasteiger partial charge in [-0.05, 0) is 46.1 Å². The number of hydrogen-bond acceptors (Lipinski definition) is 6. The van der Waals surface area contributed by atoms with Crippen LogP contribution in [0.3, 0.4) is 0 Å². The number of amides is 2. The van der Waals surface area contributed by atoms with Gasteiger partial charge < -0.3 is 20.5 Å². The van der Waals surface area contributed by atoms with Gasteiger partial charge in [-0.2, -0.15) is 0 Å². The van der Waals surface area contributed by atoms with E-state index in [0.717, 1.165) is 31.5 Å². The molecule has 1 saturated carbocycles. The van der Waals surface area contributed by atoms with E-state index in [-0.39, 0.29) is 12.0 Å². The van der Waals surface area contributed by atoms with Gasteiger partial charge >= 0.3 is 6.09 Å². The highest BCUT2D eigenvalue weighted by Crippen LogP contribution is 2.34. The Balaban J connectivity index is 1.82. The quantitative estimate of drug-likeness (QED) is 0.828. The van der Waals surface area contributed by atoms with Gasteiger partial charge in [0.2, 0.25) is 11.8 Å². The summed E-state index contributed by atoms with van der Waals surface area (Å²) in [6.45, 7) is 5.52. The molecule has 0 aliphatic heterocycles. The first-order valence-corrected chi connectivity index (χ1v) is 9.40. The van der Waals surface area contributed by atoms with Crippen LogP contribution in [0.15, 0.2) is 12.1 Å². The smallest absolute Gasteiger partial charge is 0.407 e. The summed E-state index contributed by atoms with van der Waals surface area (Å²) in [6.07, 6.45) is 3.07. The Morgan fingerprint density at radius 1 is 1.25 bits per heavy atom. The van der Waals surface area contributed by atoms with Gasteiger partial charge in [-0.3, -0.25) is 4.79 Å². The molecule has 1 aliphatic carbocycles. The third-order valence-electron chi connectivity index (χ3n) is 4.75. The van der Waals surface area contributed by atoms with Crippen LogP contribution in [0.25, 0.3) is 5.65 Å². The van der Waals surface area contributed by atoms with Crippen LogP contribution in [-0.2, 0) is 4.74 Å². The average Bonchev–Trinajstić information content (AvgIpc) is 3.03. The van der Waals surface area contributed by atoms with E-state index in [1.807, 2.05) is 20.8 Å². The molecule has 2 atom stereocenters. The fourth-order valence-electron chi connectivity index (χ4n) is 3.59. The number of nitrogens with two attached hydrogens (primary N) is 1. The number of carbonyl (C=O) groups excluding carboxylic acids is 2. The molecule has 0 unspecified atom stereocenters. The number of nitrogens with one attached hydrogen (secondary N) is 1. The van der Waals surface area contributed by atoms with Gasteiger partial charge in [0.1, 0.15) is 11.4 Å². The molecular weight excluding hydrogens is 362 g/mol. The van der Waals surface area contributed by atoms with Gasteiger partial charge in [0.25, 0.3) is 0 Å². The second-order valence-corrected chi connectivity index (χ2v) is 8.11. The number of hydrogen-bond donors (Lipinski definition) is 2.